The Hall–Kier alpha value is -7.67. The number of aryl methyl sites for hydroxylation is 1. The Balaban J connectivity index is 0.859. The van der Waals surface area contributed by atoms with Gasteiger partial charge in [0.15, 0.2) is 0 Å². The van der Waals surface area contributed by atoms with Crippen molar-refractivity contribution >= 4 is 76.1 Å². The molecule has 0 radical (unpaired) electrons. The van der Waals surface area contributed by atoms with Gasteiger partial charge in [-0.2, -0.15) is 0 Å². The molecule has 0 N–H and O–H groups in total. The molecular formula is C63H54N4OS. The minimum atomic E-state index is 0.0172. The highest BCUT2D eigenvalue weighted by Crippen LogP contribution is 2.47. The highest BCUT2D eigenvalue weighted by Gasteiger charge is 2.30. The Kier molecular flexibility index (Phi) is 10.0. The second-order valence-corrected chi connectivity index (χ2v) is 21.7. The van der Waals surface area contributed by atoms with Gasteiger partial charge in [0.25, 0.3) is 0 Å². The molecule has 0 fully saturated rings. The van der Waals surface area contributed by atoms with E-state index in [0.29, 0.717) is 6.67 Å². The van der Waals surface area contributed by atoms with Crippen molar-refractivity contribution < 1.29 is 4.74 Å². The topological polar surface area (TPSA) is 33.5 Å². The van der Waals surface area contributed by atoms with Crippen LogP contribution in [0.2, 0.25) is 0 Å². The zero-order valence-corrected chi connectivity index (χ0v) is 41.0. The number of para-hydroxylation sites is 3. The van der Waals surface area contributed by atoms with Crippen molar-refractivity contribution in [1.82, 2.24) is 9.55 Å². The highest BCUT2D eigenvalue weighted by molar-refractivity contribution is 7.25. The van der Waals surface area contributed by atoms with E-state index in [1.807, 2.05) is 23.6 Å². The molecule has 0 saturated heterocycles. The monoisotopic (exact) mass is 914 g/mol. The van der Waals surface area contributed by atoms with Crippen molar-refractivity contribution in [3.8, 4) is 39.6 Å². The quantitative estimate of drug-likeness (QED) is 0.160. The molecule has 0 saturated carbocycles. The molecule has 0 amide bonds. The SMILES string of the molecule is Cc1cc(-n2c3ccccc3c3ccc(Oc4cccc(N5CN(c6cc(C(C)(C)C)cc(C(C)(C)C)c6)c6ccccc65)c4)cc32)ncc1-c1cccc(-c2ccc3sc4ccccc4c3c2)c1. The van der Waals surface area contributed by atoms with Crippen LogP contribution in [-0.2, 0) is 10.8 Å². The fourth-order valence-electron chi connectivity index (χ4n) is 10.1. The lowest BCUT2D eigenvalue weighted by molar-refractivity contribution is 0.483. The smallest absolute Gasteiger partial charge is 0.137 e. The van der Waals surface area contributed by atoms with Crippen molar-refractivity contribution in [1.29, 1.82) is 0 Å². The third-order valence-corrected chi connectivity index (χ3v) is 15.1. The maximum Gasteiger partial charge on any atom is 0.137 e. The lowest BCUT2D eigenvalue weighted by Crippen LogP contribution is -2.25. The van der Waals surface area contributed by atoms with Crippen LogP contribution in [-0.4, -0.2) is 16.2 Å². The molecule has 1 aliphatic heterocycles. The average Bonchev–Trinajstić information content (AvgIpc) is 4.03. The van der Waals surface area contributed by atoms with Crippen molar-refractivity contribution in [2.24, 2.45) is 0 Å². The van der Waals surface area contributed by atoms with Crippen LogP contribution in [0.15, 0.2) is 188 Å². The lowest BCUT2D eigenvalue weighted by Gasteiger charge is -2.29. The lowest BCUT2D eigenvalue weighted by atomic mass is 9.80. The summed E-state index contributed by atoms with van der Waals surface area (Å²) < 4.78 is 11.7. The van der Waals surface area contributed by atoms with Crippen LogP contribution < -0.4 is 14.5 Å². The van der Waals surface area contributed by atoms with Crippen molar-refractivity contribution in [3.05, 3.63) is 205 Å². The first kappa shape index (κ1) is 42.7. The summed E-state index contributed by atoms with van der Waals surface area (Å²) in [4.78, 5) is 10.0. The van der Waals surface area contributed by atoms with Crippen LogP contribution in [0.5, 0.6) is 11.5 Å². The molecule has 0 atom stereocenters. The molecular weight excluding hydrogens is 861 g/mol. The normalized spacial score (nSPS) is 13.0. The number of nitrogens with zero attached hydrogens (tertiary/aromatic N) is 4. The Labute approximate surface area is 408 Å². The minimum Gasteiger partial charge on any atom is -0.457 e. The summed E-state index contributed by atoms with van der Waals surface area (Å²) in [5.74, 6) is 2.41. The van der Waals surface area contributed by atoms with E-state index in [-0.39, 0.29) is 10.8 Å². The Morgan fingerprint density at radius 2 is 1.12 bits per heavy atom. The van der Waals surface area contributed by atoms with Crippen LogP contribution >= 0.6 is 11.3 Å². The number of ether oxygens (including phenoxy) is 1. The van der Waals surface area contributed by atoms with E-state index in [2.05, 4.69) is 239 Å². The van der Waals surface area contributed by atoms with Crippen LogP contribution in [0.25, 0.3) is 70.0 Å². The molecule has 0 spiro atoms. The molecule has 4 heterocycles. The Morgan fingerprint density at radius 3 is 1.88 bits per heavy atom. The van der Waals surface area contributed by atoms with Crippen molar-refractivity contribution in [3.63, 3.8) is 0 Å². The second-order valence-electron chi connectivity index (χ2n) is 20.6. The van der Waals surface area contributed by atoms with E-state index in [9.17, 15) is 0 Å². The van der Waals surface area contributed by atoms with E-state index in [0.717, 1.165) is 56.1 Å². The van der Waals surface area contributed by atoms with Gasteiger partial charge in [0, 0.05) is 66.2 Å². The zero-order chi connectivity index (χ0) is 47.2. The van der Waals surface area contributed by atoms with Gasteiger partial charge in [-0.1, -0.05) is 126 Å². The molecule has 0 unspecified atom stereocenters. The van der Waals surface area contributed by atoms with E-state index < -0.39 is 0 Å². The van der Waals surface area contributed by atoms with Gasteiger partial charge in [0.1, 0.15) is 24.0 Å². The molecule has 1 aliphatic rings. The zero-order valence-electron chi connectivity index (χ0n) is 40.2. The summed E-state index contributed by atoms with van der Waals surface area (Å²) in [6.07, 6.45) is 2.04. The molecule has 3 aromatic heterocycles. The molecule has 0 bridgehead atoms. The van der Waals surface area contributed by atoms with E-state index in [4.69, 9.17) is 9.72 Å². The van der Waals surface area contributed by atoms with Crippen LogP contribution in [0.4, 0.5) is 22.7 Å². The molecule has 338 valence electrons. The van der Waals surface area contributed by atoms with Crippen LogP contribution in [0.3, 0.4) is 0 Å². The van der Waals surface area contributed by atoms with Crippen LogP contribution in [0, 0.1) is 6.92 Å². The number of hydrogen-bond donors (Lipinski definition) is 0. The van der Waals surface area contributed by atoms with E-state index in [1.54, 1.807) is 0 Å². The number of aromatic nitrogens is 2. The third-order valence-electron chi connectivity index (χ3n) is 13.9. The van der Waals surface area contributed by atoms with Crippen molar-refractivity contribution in [2.75, 3.05) is 16.5 Å². The Morgan fingerprint density at radius 1 is 0.478 bits per heavy atom. The number of fused-ring (bicyclic) bond motifs is 7. The highest BCUT2D eigenvalue weighted by atomic mass is 32.1. The second kappa shape index (κ2) is 16.2. The van der Waals surface area contributed by atoms with Gasteiger partial charge >= 0.3 is 0 Å². The number of rotatable bonds is 7. The maximum absolute atomic E-state index is 6.79. The third kappa shape index (κ3) is 7.60. The average molecular weight is 915 g/mol. The van der Waals surface area contributed by atoms with Gasteiger partial charge in [-0.3, -0.25) is 4.57 Å². The molecule has 8 aromatic carbocycles. The number of hydrogen-bond acceptors (Lipinski definition) is 5. The number of thiophene rings is 1. The minimum absolute atomic E-state index is 0.0172. The fourth-order valence-corrected chi connectivity index (χ4v) is 11.2. The number of pyridine rings is 1. The summed E-state index contributed by atoms with van der Waals surface area (Å²) in [7, 11) is 0. The predicted molar refractivity (Wildman–Crippen MR) is 293 cm³/mol. The molecule has 69 heavy (non-hydrogen) atoms. The number of anilines is 4. The first-order valence-electron chi connectivity index (χ1n) is 23.9. The largest absolute Gasteiger partial charge is 0.457 e. The van der Waals surface area contributed by atoms with Gasteiger partial charge in [0.05, 0.1) is 22.4 Å². The van der Waals surface area contributed by atoms with Crippen LogP contribution in [0.1, 0.15) is 58.2 Å². The van der Waals surface area contributed by atoms with Gasteiger partial charge in [-0.25, -0.2) is 4.98 Å². The van der Waals surface area contributed by atoms with Gasteiger partial charge in [0.2, 0.25) is 0 Å². The summed E-state index contributed by atoms with van der Waals surface area (Å²) >= 11 is 1.85. The molecule has 6 heteroatoms. The molecule has 12 rings (SSSR count). The summed E-state index contributed by atoms with van der Waals surface area (Å²) in [5.41, 5.74) is 15.3. The summed E-state index contributed by atoms with van der Waals surface area (Å²) in [6, 6.07) is 66.0. The first-order valence-corrected chi connectivity index (χ1v) is 24.8. The Bertz CT molecular complexity index is 3780. The molecule has 11 aromatic rings. The number of benzene rings is 8. The van der Waals surface area contributed by atoms with E-state index >= 15 is 0 Å². The fraction of sp³-hybridized carbons (Fsp3) is 0.159. The molecule has 5 nitrogen and oxygen atoms in total. The van der Waals surface area contributed by atoms with Gasteiger partial charge in [-0.15, -0.1) is 11.3 Å². The van der Waals surface area contributed by atoms with Gasteiger partial charge in [-0.05, 0) is 136 Å². The van der Waals surface area contributed by atoms with Gasteiger partial charge < -0.3 is 14.5 Å². The van der Waals surface area contributed by atoms with Crippen molar-refractivity contribution in [2.45, 2.75) is 59.3 Å². The first-order chi connectivity index (χ1) is 33.3. The standard InChI is InChI=1S/C63H54N4OS/c1-40-30-61(64-38-54(40)43-17-14-16-41(31-43)42-26-29-60-53(32-42)52-21-9-13-25-59(52)69-60)67-55-22-10-8-20-50(55)51-28-27-49(37-58(51)67)68-48-19-15-18-46(36-48)65-39-66(57-24-12-11-23-56(57)65)47-34-44(62(2,3)4)33-45(35-47)63(5,6)7/h8-38H,39H2,1-7H3. The summed E-state index contributed by atoms with van der Waals surface area (Å²) in [5, 5.41) is 4.95. The maximum atomic E-state index is 6.79. The molecule has 0 aliphatic carbocycles. The summed E-state index contributed by atoms with van der Waals surface area (Å²) in [6.45, 7) is 16.7. The predicted octanol–water partition coefficient (Wildman–Crippen LogP) is 17.8. The van der Waals surface area contributed by atoms with E-state index in [1.165, 1.54) is 64.9 Å².